The largest absolute Gasteiger partial charge is 0.311 e. The third-order valence-corrected chi connectivity index (χ3v) is 12.8. The molecule has 0 saturated heterocycles. The first-order chi connectivity index (χ1) is 31.7. The number of hydrogen-bond donors (Lipinski definition) is 0. The third kappa shape index (κ3) is 6.52. The second-order valence-corrected chi connectivity index (χ2v) is 16.5. The summed E-state index contributed by atoms with van der Waals surface area (Å²) in [5.41, 5.74) is 18.9. The molecule has 2 nitrogen and oxygen atoms in total. The molecule has 0 atom stereocenters. The average molecular weight is 815 g/mol. The van der Waals surface area contributed by atoms with E-state index in [1.54, 1.807) is 0 Å². The SMILES string of the molecule is c1ccc(-c2ccc(N(c3ccc(-c4ccccc4)cc3)c3ccc(-c4cccc(-n5c6ccc(-c7ccccc7)c7ccc8c(-c9ccccc9)ccc5c8c76)c4)cc3)cc2)cc1. The first-order valence-electron chi connectivity index (χ1n) is 22.0. The zero-order valence-corrected chi connectivity index (χ0v) is 35.1. The summed E-state index contributed by atoms with van der Waals surface area (Å²) >= 11 is 0. The van der Waals surface area contributed by atoms with Crippen LogP contribution in [0.1, 0.15) is 0 Å². The molecule has 11 aromatic carbocycles. The average Bonchev–Trinajstić information content (AvgIpc) is 3.72. The van der Waals surface area contributed by atoms with Gasteiger partial charge in [-0.2, -0.15) is 0 Å². The Bertz CT molecular complexity index is 3340. The number of rotatable bonds is 9. The Morgan fingerprint density at radius 3 is 1.00 bits per heavy atom. The van der Waals surface area contributed by atoms with Crippen LogP contribution in [0.4, 0.5) is 17.1 Å². The second-order valence-electron chi connectivity index (χ2n) is 16.5. The molecule has 0 fully saturated rings. The normalized spacial score (nSPS) is 11.4. The van der Waals surface area contributed by atoms with Gasteiger partial charge in [-0.25, -0.2) is 0 Å². The first-order valence-corrected chi connectivity index (χ1v) is 22.0. The summed E-state index contributed by atoms with van der Waals surface area (Å²) in [7, 11) is 0. The fraction of sp³-hybridized carbons (Fsp3) is 0. The lowest BCUT2D eigenvalue weighted by molar-refractivity contribution is 1.18. The number of anilines is 3. The Hall–Kier alpha value is -8.46. The standard InChI is InChI=1S/C62H42N2/c1-5-14-43(15-6-1)45-24-30-51(31-25-45)63(52-32-26-46(27-33-52)44-16-7-2-8-17-44)53-34-28-47(29-35-53)50-22-13-23-54(42-50)64-59-40-38-55(48-18-9-3-10-19-48)57-36-37-58-56(49-20-11-4-12-21-49)39-41-60(64)62(58)61(57)59/h1-42H. The zero-order valence-electron chi connectivity index (χ0n) is 35.1. The quantitative estimate of drug-likeness (QED) is 0.132. The Balaban J connectivity index is 0.951. The molecule has 12 rings (SSSR count). The van der Waals surface area contributed by atoms with E-state index in [4.69, 9.17) is 0 Å². The minimum absolute atomic E-state index is 1.09. The zero-order chi connectivity index (χ0) is 42.4. The van der Waals surface area contributed by atoms with Crippen LogP contribution in [0, 0.1) is 0 Å². The third-order valence-electron chi connectivity index (χ3n) is 12.8. The molecule has 300 valence electrons. The van der Waals surface area contributed by atoms with Gasteiger partial charge in [0.05, 0.1) is 11.0 Å². The lowest BCUT2D eigenvalue weighted by Crippen LogP contribution is -2.09. The summed E-state index contributed by atoms with van der Waals surface area (Å²) in [6.07, 6.45) is 0. The van der Waals surface area contributed by atoms with Crippen molar-refractivity contribution in [2.75, 3.05) is 4.90 Å². The van der Waals surface area contributed by atoms with Gasteiger partial charge < -0.3 is 9.47 Å². The van der Waals surface area contributed by atoms with Crippen molar-refractivity contribution in [1.82, 2.24) is 4.57 Å². The van der Waals surface area contributed by atoms with Crippen LogP contribution in [0.3, 0.4) is 0 Å². The summed E-state index contributed by atoms with van der Waals surface area (Å²) < 4.78 is 2.46. The van der Waals surface area contributed by atoms with Crippen LogP contribution in [0.2, 0.25) is 0 Å². The van der Waals surface area contributed by atoms with Crippen molar-refractivity contribution in [2.45, 2.75) is 0 Å². The molecule has 2 heteroatoms. The fourth-order valence-electron chi connectivity index (χ4n) is 9.72. The summed E-state index contributed by atoms with van der Waals surface area (Å²) in [4.78, 5) is 2.35. The summed E-state index contributed by atoms with van der Waals surface area (Å²) in [6, 6.07) is 92.4. The van der Waals surface area contributed by atoms with Crippen LogP contribution in [0.5, 0.6) is 0 Å². The minimum Gasteiger partial charge on any atom is -0.311 e. The molecule has 0 radical (unpaired) electrons. The van der Waals surface area contributed by atoms with E-state index in [9.17, 15) is 0 Å². The maximum Gasteiger partial charge on any atom is 0.0547 e. The van der Waals surface area contributed by atoms with E-state index in [1.807, 2.05) is 0 Å². The Kier molecular flexibility index (Phi) is 9.20. The summed E-state index contributed by atoms with van der Waals surface area (Å²) in [5.74, 6) is 0. The van der Waals surface area contributed by atoms with Gasteiger partial charge in [0.15, 0.2) is 0 Å². The van der Waals surface area contributed by atoms with Gasteiger partial charge in [-0.1, -0.05) is 194 Å². The van der Waals surface area contributed by atoms with Gasteiger partial charge in [-0.3, -0.25) is 0 Å². The number of aromatic nitrogens is 1. The molecule has 12 aromatic rings. The van der Waals surface area contributed by atoms with Crippen molar-refractivity contribution in [3.63, 3.8) is 0 Å². The van der Waals surface area contributed by atoms with Crippen LogP contribution in [0.25, 0.3) is 93.9 Å². The highest BCUT2D eigenvalue weighted by molar-refractivity contribution is 6.28. The van der Waals surface area contributed by atoms with Crippen LogP contribution >= 0.6 is 0 Å². The highest BCUT2D eigenvalue weighted by atomic mass is 15.1. The molecule has 0 spiro atoms. The van der Waals surface area contributed by atoms with E-state index in [2.05, 4.69) is 264 Å². The Labute approximate surface area is 373 Å². The molecule has 1 heterocycles. The number of hydrogen-bond acceptors (Lipinski definition) is 1. The molecule has 0 saturated carbocycles. The molecule has 1 aromatic heterocycles. The van der Waals surface area contributed by atoms with Crippen LogP contribution < -0.4 is 4.90 Å². The second kappa shape index (κ2) is 15.8. The molecule has 0 amide bonds. The molecule has 0 bridgehead atoms. The highest BCUT2D eigenvalue weighted by Crippen LogP contribution is 2.46. The van der Waals surface area contributed by atoms with Crippen molar-refractivity contribution >= 4 is 49.6 Å². The Morgan fingerprint density at radius 1 is 0.250 bits per heavy atom. The van der Waals surface area contributed by atoms with E-state index in [1.165, 1.54) is 82.6 Å². The molecule has 0 N–H and O–H groups in total. The Morgan fingerprint density at radius 2 is 0.594 bits per heavy atom. The van der Waals surface area contributed by atoms with Gasteiger partial charge in [0.25, 0.3) is 0 Å². The predicted molar refractivity (Wildman–Crippen MR) is 271 cm³/mol. The van der Waals surface area contributed by atoms with Gasteiger partial charge in [0.1, 0.15) is 0 Å². The molecular weight excluding hydrogens is 773 g/mol. The molecule has 0 aliphatic heterocycles. The highest BCUT2D eigenvalue weighted by Gasteiger charge is 2.21. The van der Waals surface area contributed by atoms with Crippen molar-refractivity contribution < 1.29 is 0 Å². The smallest absolute Gasteiger partial charge is 0.0547 e. The minimum atomic E-state index is 1.09. The monoisotopic (exact) mass is 814 g/mol. The lowest BCUT2D eigenvalue weighted by atomic mass is 9.91. The van der Waals surface area contributed by atoms with Crippen molar-refractivity contribution in [2.24, 2.45) is 0 Å². The van der Waals surface area contributed by atoms with Gasteiger partial charge >= 0.3 is 0 Å². The van der Waals surface area contributed by atoms with Crippen molar-refractivity contribution in [3.8, 4) is 61.3 Å². The summed E-state index contributed by atoms with van der Waals surface area (Å²) in [6.45, 7) is 0. The van der Waals surface area contributed by atoms with Crippen molar-refractivity contribution in [1.29, 1.82) is 0 Å². The van der Waals surface area contributed by atoms with Gasteiger partial charge in [0.2, 0.25) is 0 Å². The van der Waals surface area contributed by atoms with E-state index in [0.717, 1.165) is 28.3 Å². The van der Waals surface area contributed by atoms with Gasteiger partial charge in [0, 0.05) is 33.5 Å². The molecule has 0 unspecified atom stereocenters. The van der Waals surface area contributed by atoms with E-state index >= 15 is 0 Å². The molecule has 0 aliphatic carbocycles. The maximum absolute atomic E-state index is 2.46. The number of nitrogens with zero attached hydrogens (tertiary/aromatic N) is 2. The van der Waals surface area contributed by atoms with Crippen LogP contribution in [-0.4, -0.2) is 4.57 Å². The van der Waals surface area contributed by atoms with E-state index in [0.29, 0.717) is 0 Å². The van der Waals surface area contributed by atoms with Crippen molar-refractivity contribution in [3.05, 3.63) is 255 Å². The van der Waals surface area contributed by atoms with Gasteiger partial charge in [-0.15, -0.1) is 0 Å². The predicted octanol–water partition coefficient (Wildman–Crippen LogP) is 17.2. The number of benzene rings is 11. The van der Waals surface area contributed by atoms with E-state index < -0.39 is 0 Å². The summed E-state index contributed by atoms with van der Waals surface area (Å²) in [5, 5.41) is 5.14. The topological polar surface area (TPSA) is 8.17 Å². The van der Waals surface area contributed by atoms with Crippen LogP contribution in [0.15, 0.2) is 255 Å². The van der Waals surface area contributed by atoms with E-state index in [-0.39, 0.29) is 0 Å². The lowest BCUT2D eigenvalue weighted by Gasteiger charge is -2.26. The molecule has 0 aliphatic rings. The first kappa shape index (κ1) is 37.3. The van der Waals surface area contributed by atoms with Crippen LogP contribution in [-0.2, 0) is 0 Å². The fourth-order valence-corrected chi connectivity index (χ4v) is 9.72. The molecular formula is C62H42N2. The van der Waals surface area contributed by atoms with Gasteiger partial charge in [-0.05, 0) is 127 Å². The molecule has 64 heavy (non-hydrogen) atoms. The maximum atomic E-state index is 2.46.